The lowest BCUT2D eigenvalue weighted by molar-refractivity contribution is 0.0782. The van der Waals surface area contributed by atoms with Crippen LogP contribution in [0.25, 0.3) is 0 Å². The Balaban J connectivity index is 3.43. The van der Waals surface area contributed by atoms with Gasteiger partial charge in [0.05, 0.1) is 21.8 Å². The molecule has 0 aliphatic carbocycles. The number of halogens is 2. The highest BCUT2D eigenvalue weighted by molar-refractivity contribution is 9.06. The summed E-state index contributed by atoms with van der Waals surface area (Å²) >= 11 is 13.2. The standard InChI is InChI=1S/C13H13BrClN3O4S/c1-16(2)12(20)18(13(21)17(3)7-23)8-4-5-10(15)9(6-8)11(19)22-14/h4-7H,1-3H3. The summed E-state index contributed by atoms with van der Waals surface area (Å²) in [5, 5.41) is 0.117. The van der Waals surface area contributed by atoms with Crippen molar-refractivity contribution in [2.24, 2.45) is 0 Å². The number of urea groups is 2. The van der Waals surface area contributed by atoms with Gasteiger partial charge in [0, 0.05) is 21.1 Å². The van der Waals surface area contributed by atoms with E-state index in [1.807, 2.05) is 0 Å². The second kappa shape index (κ2) is 8.23. The fraction of sp³-hybridized carbons (Fsp3) is 0.231. The Morgan fingerprint density at radius 1 is 1.22 bits per heavy atom. The zero-order valence-corrected chi connectivity index (χ0v) is 15.6. The van der Waals surface area contributed by atoms with E-state index in [9.17, 15) is 14.4 Å². The molecule has 0 radical (unpaired) electrons. The van der Waals surface area contributed by atoms with Crippen LogP contribution < -0.4 is 4.90 Å². The molecule has 0 saturated carbocycles. The molecule has 0 N–H and O–H groups in total. The molecular formula is C13H13BrClN3O4S. The van der Waals surface area contributed by atoms with E-state index in [0.717, 1.165) is 15.3 Å². The molecule has 0 atom stereocenters. The molecule has 0 fully saturated rings. The van der Waals surface area contributed by atoms with Gasteiger partial charge in [0.2, 0.25) is 0 Å². The summed E-state index contributed by atoms with van der Waals surface area (Å²) in [6, 6.07) is 2.81. The average Bonchev–Trinajstić information content (AvgIpc) is 2.54. The van der Waals surface area contributed by atoms with Gasteiger partial charge >= 0.3 is 18.0 Å². The lowest BCUT2D eigenvalue weighted by Crippen LogP contribution is -2.48. The van der Waals surface area contributed by atoms with Gasteiger partial charge in [-0.1, -0.05) is 23.8 Å². The van der Waals surface area contributed by atoms with Crippen molar-refractivity contribution in [1.82, 2.24) is 9.80 Å². The number of carbonyl (C=O) groups excluding carboxylic acids is 3. The smallest absolute Gasteiger partial charge is 0.351 e. The molecule has 1 aromatic rings. The van der Waals surface area contributed by atoms with Crippen molar-refractivity contribution in [2.45, 2.75) is 0 Å². The van der Waals surface area contributed by atoms with Crippen LogP contribution in [0.1, 0.15) is 10.4 Å². The first-order valence-corrected chi connectivity index (χ1v) is 7.60. The minimum Gasteiger partial charge on any atom is -0.380 e. The number of imide groups is 1. The molecule has 0 aliphatic rings. The molecular weight excluding hydrogens is 410 g/mol. The van der Waals surface area contributed by atoms with Crippen molar-refractivity contribution in [1.29, 1.82) is 0 Å². The first-order valence-electron chi connectivity index (χ1n) is 6.10. The summed E-state index contributed by atoms with van der Waals surface area (Å²) in [6.07, 6.45) is 0. The van der Waals surface area contributed by atoms with Gasteiger partial charge in [0.25, 0.3) is 0 Å². The van der Waals surface area contributed by atoms with Crippen molar-refractivity contribution < 1.29 is 18.2 Å². The zero-order valence-electron chi connectivity index (χ0n) is 12.4. The molecule has 0 heterocycles. The van der Waals surface area contributed by atoms with Gasteiger partial charge in [-0.15, -0.1) is 0 Å². The highest BCUT2D eigenvalue weighted by atomic mass is 79.9. The van der Waals surface area contributed by atoms with Gasteiger partial charge in [-0.3, -0.25) is 4.90 Å². The van der Waals surface area contributed by atoms with Gasteiger partial charge in [-0.2, -0.15) is 0 Å². The van der Waals surface area contributed by atoms with Crippen LogP contribution in [-0.2, 0) is 3.83 Å². The van der Waals surface area contributed by atoms with Crippen molar-refractivity contribution >= 4 is 69.3 Å². The van der Waals surface area contributed by atoms with E-state index >= 15 is 0 Å². The molecule has 1 rings (SSSR count). The highest BCUT2D eigenvalue weighted by Gasteiger charge is 2.28. The molecule has 4 amide bonds. The Morgan fingerprint density at radius 2 is 1.83 bits per heavy atom. The number of benzene rings is 1. The molecule has 23 heavy (non-hydrogen) atoms. The van der Waals surface area contributed by atoms with Crippen molar-refractivity contribution in [3.63, 3.8) is 0 Å². The summed E-state index contributed by atoms with van der Waals surface area (Å²) in [5.74, 6) is -0.760. The summed E-state index contributed by atoms with van der Waals surface area (Å²) in [7, 11) is 4.39. The largest absolute Gasteiger partial charge is 0.380 e. The summed E-state index contributed by atoms with van der Waals surface area (Å²) in [5.41, 5.74) is 1.24. The van der Waals surface area contributed by atoms with Crippen LogP contribution in [0, 0.1) is 0 Å². The maximum Gasteiger partial charge on any atom is 0.351 e. The minimum absolute atomic E-state index is 0.00426. The van der Waals surface area contributed by atoms with E-state index in [0.29, 0.717) is 0 Å². The van der Waals surface area contributed by atoms with Crippen molar-refractivity contribution in [2.75, 3.05) is 26.0 Å². The normalized spacial score (nSPS) is 9.78. The first-order chi connectivity index (χ1) is 10.7. The number of nitrogens with zero attached hydrogens (tertiary/aromatic N) is 3. The molecule has 0 spiro atoms. The van der Waals surface area contributed by atoms with E-state index in [2.05, 4.69) is 20.1 Å². The number of thiocarbonyl (C=S) groups is 1. The van der Waals surface area contributed by atoms with Gasteiger partial charge in [0.15, 0.2) is 16.3 Å². The number of anilines is 1. The first kappa shape index (κ1) is 19.3. The predicted octanol–water partition coefficient (Wildman–Crippen LogP) is 3.30. The van der Waals surface area contributed by atoms with Crippen LogP contribution in [0.15, 0.2) is 18.2 Å². The molecule has 0 saturated heterocycles. The van der Waals surface area contributed by atoms with Gasteiger partial charge in [0.1, 0.15) is 0 Å². The SMILES string of the molecule is CN(C)C(=O)N(C(=O)N(C)C=S)c1ccc(Cl)c(C(=O)OBr)c1. The predicted molar refractivity (Wildman–Crippen MR) is 94.2 cm³/mol. The Bertz CT molecular complexity index is 656. The molecule has 10 heteroatoms. The lowest BCUT2D eigenvalue weighted by atomic mass is 10.2. The Morgan fingerprint density at radius 3 is 2.30 bits per heavy atom. The third-order valence-electron chi connectivity index (χ3n) is 2.72. The van der Waals surface area contributed by atoms with E-state index in [1.54, 1.807) is 0 Å². The van der Waals surface area contributed by atoms with Crippen LogP contribution in [0.5, 0.6) is 0 Å². The quantitative estimate of drug-likeness (QED) is 0.699. The number of hydrogen-bond donors (Lipinski definition) is 0. The number of carbonyl (C=O) groups is 3. The fourth-order valence-corrected chi connectivity index (χ4v) is 2.02. The maximum atomic E-state index is 12.4. The van der Waals surface area contributed by atoms with Crippen LogP contribution in [-0.4, -0.2) is 54.5 Å². The van der Waals surface area contributed by atoms with Crippen molar-refractivity contribution in [3.8, 4) is 0 Å². The van der Waals surface area contributed by atoms with E-state index in [4.69, 9.17) is 23.8 Å². The second-order valence-electron chi connectivity index (χ2n) is 4.54. The topological polar surface area (TPSA) is 70.2 Å². The number of rotatable bonds is 3. The summed E-state index contributed by atoms with van der Waals surface area (Å²) in [6.45, 7) is 0. The van der Waals surface area contributed by atoms with Crippen molar-refractivity contribution in [3.05, 3.63) is 28.8 Å². The number of amides is 4. The molecule has 1 aromatic carbocycles. The molecule has 7 nitrogen and oxygen atoms in total. The zero-order chi connectivity index (χ0) is 17.7. The summed E-state index contributed by atoms with van der Waals surface area (Å²) < 4.78 is 4.45. The van der Waals surface area contributed by atoms with E-state index in [1.165, 1.54) is 44.2 Å². The van der Waals surface area contributed by atoms with Crippen LogP contribution in [0.2, 0.25) is 5.02 Å². The van der Waals surface area contributed by atoms with Gasteiger partial charge < -0.3 is 8.73 Å². The second-order valence-corrected chi connectivity index (χ2v) is 5.48. The lowest BCUT2D eigenvalue weighted by Gasteiger charge is -2.27. The third kappa shape index (κ3) is 4.40. The molecule has 124 valence electrons. The fourth-order valence-electron chi connectivity index (χ4n) is 1.56. The third-order valence-corrected chi connectivity index (χ3v) is 3.66. The molecule has 0 bridgehead atoms. The molecule has 0 unspecified atom stereocenters. The monoisotopic (exact) mass is 421 g/mol. The molecule has 0 aliphatic heterocycles. The molecule has 0 aromatic heterocycles. The van der Waals surface area contributed by atoms with E-state index in [-0.39, 0.29) is 16.3 Å². The Kier molecular flexibility index (Phi) is 6.92. The Hall–Kier alpha value is -1.71. The van der Waals surface area contributed by atoms with Gasteiger partial charge in [-0.05, 0) is 18.2 Å². The Labute approximate surface area is 152 Å². The summed E-state index contributed by atoms with van der Waals surface area (Å²) in [4.78, 5) is 39.6. The van der Waals surface area contributed by atoms with Crippen LogP contribution in [0.3, 0.4) is 0 Å². The highest BCUT2D eigenvalue weighted by Crippen LogP contribution is 2.26. The average molecular weight is 423 g/mol. The van der Waals surface area contributed by atoms with Gasteiger partial charge in [-0.25, -0.2) is 19.3 Å². The van der Waals surface area contributed by atoms with Crippen LogP contribution >= 0.6 is 40.1 Å². The van der Waals surface area contributed by atoms with E-state index < -0.39 is 18.0 Å². The van der Waals surface area contributed by atoms with Crippen LogP contribution in [0.4, 0.5) is 15.3 Å². The number of hydrogen-bond acceptors (Lipinski definition) is 5. The minimum atomic E-state index is -0.760. The maximum absolute atomic E-state index is 12.4.